The van der Waals surface area contributed by atoms with Crippen LogP contribution in [0.3, 0.4) is 0 Å². The number of sulfonamides is 1. The van der Waals surface area contributed by atoms with Gasteiger partial charge in [0.25, 0.3) is 15.9 Å². The van der Waals surface area contributed by atoms with Gasteiger partial charge < -0.3 is 23.9 Å². The number of amides is 1. The summed E-state index contributed by atoms with van der Waals surface area (Å²) >= 11 is 0. The Kier molecular flexibility index (Phi) is 8.30. The van der Waals surface area contributed by atoms with Crippen molar-refractivity contribution >= 4 is 55.2 Å². The summed E-state index contributed by atoms with van der Waals surface area (Å²) in [7, 11) is -2.24. The predicted octanol–water partition coefficient (Wildman–Crippen LogP) is 5.37. The maximum atomic E-state index is 13.0. The van der Waals surface area contributed by atoms with E-state index in [1.54, 1.807) is 61.5 Å². The van der Waals surface area contributed by atoms with Crippen molar-refractivity contribution in [3.8, 4) is 11.5 Å². The highest BCUT2D eigenvalue weighted by Crippen LogP contribution is 2.36. The van der Waals surface area contributed by atoms with Crippen LogP contribution in [0.4, 0.5) is 11.4 Å². The fourth-order valence-corrected chi connectivity index (χ4v) is 5.95. The lowest BCUT2D eigenvalue weighted by Gasteiger charge is -2.23. The molecule has 11 heteroatoms. The van der Waals surface area contributed by atoms with E-state index in [9.17, 15) is 18.0 Å². The van der Waals surface area contributed by atoms with Crippen molar-refractivity contribution in [3.63, 3.8) is 0 Å². The van der Waals surface area contributed by atoms with E-state index in [1.807, 2.05) is 24.3 Å². The summed E-state index contributed by atoms with van der Waals surface area (Å²) < 4.78 is 49.2. The molecule has 0 saturated carbocycles. The lowest BCUT2D eigenvalue weighted by atomic mass is 10.1. The molecule has 5 aromatic rings. The summed E-state index contributed by atoms with van der Waals surface area (Å²) in [5.41, 5.74) is 2.10. The summed E-state index contributed by atoms with van der Waals surface area (Å²) in [6.45, 7) is 0.986. The van der Waals surface area contributed by atoms with Crippen LogP contribution < -0.4 is 19.1 Å². The molecule has 0 radical (unpaired) electrons. The molecule has 0 bridgehead atoms. The zero-order chi connectivity index (χ0) is 29.7. The largest absolute Gasteiger partial charge is 0.495 e. The number of furan rings is 1. The Morgan fingerprint density at radius 2 is 1.57 bits per heavy atom. The minimum atomic E-state index is -3.74. The molecular formula is C31H28N2O8S. The molecule has 0 atom stereocenters. The Hall–Kier alpha value is -5.03. The number of hydrogen-bond donors (Lipinski definition) is 1. The van der Waals surface area contributed by atoms with Crippen molar-refractivity contribution in [3.05, 3.63) is 91.0 Å². The number of anilines is 2. The normalized spacial score (nSPS) is 11.3. The average Bonchev–Trinajstić information content (AvgIpc) is 3.37. The minimum Gasteiger partial charge on any atom is -0.495 e. The highest BCUT2D eigenvalue weighted by Gasteiger charge is 2.23. The van der Waals surface area contributed by atoms with Crippen LogP contribution in [0.25, 0.3) is 21.9 Å². The van der Waals surface area contributed by atoms with Gasteiger partial charge in [0.1, 0.15) is 22.7 Å². The first kappa shape index (κ1) is 28.5. The molecule has 5 rings (SSSR count). The molecule has 4 aromatic carbocycles. The van der Waals surface area contributed by atoms with Gasteiger partial charge in [0.05, 0.1) is 23.4 Å². The Morgan fingerprint density at radius 3 is 2.29 bits per heavy atom. The van der Waals surface area contributed by atoms with Gasteiger partial charge in [-0.1, -0.05) is 36.4 Å². The quantitative estimate of drug-likeness (QED) is 0.204. The molecule has 0 unspecified atom stereocenters. The fraction of sp³-hybridized carbons (Fsp3) is 0.161. The van der Waals surface area contributed by atoms with Crippen LogP contribution in [0.2, 0.25) is 0 Å². The van der Waals surface area contributed by atoms with Crippen molar-refractivity contribution in [1.29, 1.82) is 0 Å². The third-order valence-corrected chi connectivity index (χ3v) is 8.35. The molecule has 0 aliphatic rings. The van der Waals surface area contributed by atoms with E-state index in [0.29, 0.717) is 34.0 Å². The summed E-state index contributed by atoms with van der Waals surface area (Å²) in [6.07, 6.45) is 0. The van der Waals surface area contributed by atoms with Crippen LogP contribution in [0.1, 0.15) is 6.92 Å². The van der Waals surface area contributed by atoms with Crippen molar-refractivity contribution in [2.75, 3.05) is 36.5 Å². The van der Waals surface area contributed by atoms with Crippen molar-refractivity contribution in [1.82, 2.24) is 0 Å². The van der Waals surface area contributed by atoms with Crippen molar-refractivity contribution < 1.29 is 36.6 Å². The fourth-order valence-electron chi connectivity index (χ4n) is 4.45. The molecule has 1 aromatic heterocycles. The highest BCUT2D eigenvalue weighted by molar-refractivity contribution is 7.92. The predicted molar refractivity (Wildman–Crippen MR) is 158 cm³/mol. The molecule has 1 N–H and O–H groups in total. The highest BCUT2D eigenvalue weighted by atomic mass is 32.2. The molecule has 1 heterocycles. The lowest BCUT2D eigenvalue weighted by molar-refractivity contribution is -0.149. The van der Waals surface area contributed by atoms with Gasteiger partial charge in [-0.05, 0) is 55.5 Å². The number of ether oxygens (including phenoxy) is 3. The van der Waals surface area contributed by atoms with E-state index in [1.165, 1.54) is 23.5 Å². The van der Waals surface area contributed by atoms with E-state index in [0.717, 1.165) is 10.8 Å². The van der Waals surface area contributed by atoms with Crippen molar-refractivity contribution in [2.45, 2.75) is 11.8 Å². The number of para-hydroxylation sites is 1. The van der Waals surface area contributed by atoms with Crippen molar-refractivity contribution in [2.24, 2.45) is 0 Å². The zero-order valence-electron chi connectivity index (χ0n) is 22.9. The van der Waals surface area contributed by atoms with Gasteiger partial charge in [0.2, 0.25) is 0 Å². The van der Waals surface area contributed by atoms with Crippen LogP contribution >= 0.6 is 0 Å². The van der Waals surface area contributed by atoms with Gasteiger partial charge in [0, 0.05) is 23.4 Å². The standard InChI is InChI=1S/C31H28N2O8S/c1-3-33(42(36,37)23-9-5-4-6-10-23)21-13-15-22(16-14-21)39-20-31(35)40-19-30(34)32-26-18-28-25(17-29(26)38-2)24-11-7-8-12-27(24)41-28/h4-18H,3,19-20H2,1-2H3,(H,32,34). The lowest BCUT2D eigenvalue weighted by Crippen LogP contribution is -2.30. The van der Waals surface area contributed by atoms with Crippen LogP contribution in [0, 0.1) is 0 Å². The van der Waals surface area contributed by atoms with Gasteiger partial charge in [0.15, 0.2) is 13.2 Å². The molecule has 42 heavy (non-hydrogen) atoms. The molecule has 0 spiro atoms. The first-order valence-corrected chi connectivity index (χ1v) is 14.5. The topological polar surface area (TPSA) is 124 Å². The number of rotatable bonds is 11. The van der Waals surface area contributed by atoms with Gasteiger partial charge in [-0.3, -0.25) is 9.10 Å². The summed E-state index contributed by atoms with van der Waals surface area (Å²) in [5.74, 6) is -0.563. The van der Waals surface area contributed by atoms with Crippen LogP contribution in [0.5, 0.6) is 11.5 Å². The number of nitrogens with zero attached hydrogens (tertiary/aromatic N) is 1. The first-order chi connectivity index (χ1) is 20.3. The second-order valence-electron chi connectivity index (χ2n) is 9.12. The van der Waals surface area contributed by atoms with Crippen LogP contribution in [-0.2, 0) is 24.3 Å². The Balaban J connectivity index is 1.15. The molecule has 216 valence electrons. The molecular weight excluding hydrogens is 560 g/mol. The molecule has 0 aliphatic carbocycles. The molecule has 0 saturated heterocycles. The number of methoxy groups -OCH3 is 1. The van der Waals surface area contributed by atoms with Gasteiger partial charge in [-0.15, -0.1) is 0 Å². The van der Waals surface area contributed by atoms with E-state index in [-0.39, 0.29) is 11.4 Å². The van der Waals surface area contributed by atoms with Gasteiger partial charge in [-0.25, -0.2) is 13.2 Å². The second-order valence-corrected chi connectivity index (χ2v) is 11.0. The first-order valence-electron chi connectivity index (χ1n) is 13.1. The monoisotopic (exact) mass is 588 g/mol. The minimum absolute atomic E-state index is 0.187. The third kappa shape index (κ3) is 6.01. The number of hydrogen-bond acceptors (Lipinski definition) is 8. The maximum Gasteiger partial charge on any atom is 0.344 e. The zero-order valence-corrected chi connectivity index (χ0v) is 23.7. The number of esters is 1. The smallest absolute Gasteiger partial charge is 0.344 e. The number of carbonyl (C=O) groups excluding carboxylic acids is 2. The van der Waals surface area contributed by atoms with Gasteiger partial charge in [-0.2, -0.15) is 0 Å². The Bertz CT molecular complexity index is 1830. The number of nitrogens with one attached hydrogen (secondary N) is 1. The van der Waals surface area contributed by atoms with Gasteiger partial charge >= 0.3 is 5.97 Å². The van der Waals surface area contributed by atoms with E-state index in [2.05, 4.69) is 5.32 Å². The maximum absolute atomic E-state index is 13.0. The summed E-state index contributed by atoms with van der Waals surface area (Å²) in [4.78, 5) is 24.9. The molecule has 0 aliphatic heterocycles. The van der Waals surface area contributed by atoms with E-state index in [4.69, 9.17) is 18.6 Å². The average molecular weight is 589 g/mol. The molecule has 0 fully saturated rings. The SMILES string of the molecule is CCN(c1ccc(OCC(=O)OCC(=O)Nc2cc3oc4ccccc4c3cc2OC)cc1)S(=O)(=O)c1ccccc1. The Morgan fingerprint density at radius 1 is 0.857 bits per heavy atom. The number of carbonyl (C=O) groups is 2. The Labute approximate surface area is 242 Å². The second kappa shape index (κ2) is 12.2. The molecule has 1 amide bonds. The number of fused-ring (bicyclic) bond motifs is 3. The van der Waals surface area contributed by atoms with E-state index >= 15 is 0 Å². The number of benzene rings is 4. The molecule has 10 nitrogen and oxygen atoms in total. The van der Waals surface area contributed by atoms with E-state index < -0.39 is 35.1 Å². The third-order valence-electron chi connectivity index (χ3n) is 6.44. The van der Waals surface area contributed by atoms with Crippen LogP contribution in [0.15, 0.2) is 100 Å². The summed E-state index contributed by atoms with van der Waals surface area (Å²) in [5, 5.41) is 4.45. The van der Waals surface area contributed by atoms with Crippen LogP contribution in [-0.4, -0.2) is 47.2 Å². The summed E-state index contributed by atoms with van der Waals surface area (Å²) in [6, 6.07) is 25.4.